The number of aliphatic hydroxyl groups is 1. The van der Waals surface area contributed by atoms with Crippen LogP contribution in [-0.4, -0.2) is 39.7 Å². The molecule has 1 saturated carbocycles. The fourth-order valence-electron chi connectivity index (χ4n) is 3.66. The van der Waals surface area contributed by atoms with Crippen LogP contribution in [0, 0.1) is 10.8 Å². The summed E-state index contributed by atoms with van der Waals surface area (Å²) in [7, 11) is 0. The second kappa shape index (κ2) is 8.13. The van der Waals surface area contributed by atoms with Gasteiger partial charge >= 0.3 is 5.97 Å². The Morgan fingerprint density at radius 1 is 1.21 bits per heavy atom. The molecule has 0 saturated heterocycles. The van der Waals surface area contributed by atoms with E-state index in [2.05, 4.69) is 18.8 Å². The van der Waals surface area contributed by atoms with E-state index in [-0.39, 0.29) is 23.1 Å². The number of nitrogens with one attached hydrogen (secondary N) is 1. The molecular weight excluding hydrogens is 368 g/mol. The van der Waals surface area contributed by atoms with Crippen molar-refractivity contribution in [2.24, 2.45) is 10.8 Å². The lowest BCUT2D eigenvalue weighted by Gasteiger charge is -2.43. The topological polar surface area (TPSA) is 82.6 Å². The summed E-state index contributed by atoms with van der Waals surface area (Å²) >= 11 is 0. The molecule has 0 aromatic carbocycles. The molecule has 0 unspecified atom stereocenters. The van der Waals surface area contributed by atoms with E-state index in [0.717, 1.165) is 25.7 Å². The van der Waals surface area contributed by atoms with Gasteiger partial charge in [-0.15, -0.1) is 0 Å². The maximum absolute atomic E-state index is 13.6. The quantitative estimate of drug-likeness (QED) is 0.696. The summed E-state index contributed by atoms with van der Waals surface area (Å²) in [6.45, 7) is 15.1. The van der Waals surface area contributed by atoms with Crippen LogP contribution >= 0.6 is 0 Å². The van der Waals surface area contributed by atoms with Gasteiger partial charge in [0.2, 0.25) is 5.91 Å². The van der Waals surface area contributed by atoms with E-state index in [0.29, 0.717) is 5.69 Å². The highest BCUT2D eigenvalue weighted by Gasteiger charge is 2.43. The SMILES string of the molecule is C[C@H](O)C(C)(C)C(=O)N(c1cc[nH]c1C(=O)OC(C)(C)C)C1CCC(C)(C)CC1. The standard InChI is InChI=1S/C23H38N2O4/c1-15(26)23(7,8)20(28)25(16-9-12-22(5,6)13-10-16)17-11-14-24-18(17)19(27)29-21(2,3)4/h11,14-16,24,26H,9-10,12-13H2,1-8H3/t15-/m0/s1. The number of H-pyrrole nitrogens is 1. The van der Waals surface area contributed by atoms with Crippen molar-refractivity contribution in [3.63, 3.8) is 0 Å². The molecular formula is C23H38N2O4. The van der Waals surface area contributed by atoms with Crippen LogP contribution in [0.25, 0.3) is 0 Å². The minimum atomic E-state index is -0.977. The molecule has 0 spiro atoms. The summed E-state index contributed by atoms with van der Waals surface area (Å²) < 4.78 is 5.55. The van der Waals surface area contributed by atoms with Crippen LogP contribution in [0.15, 0.2) is 12.3 Å². The number of esters is 1. The molecule has 1 aromatic heterocycles. The molecule has 1 aliphatic rings. The Labute approximate surface area is 175 Å². The zero-order valence-electron chi connectivity index (χ0n) is 19.3. The van der Waals surface area contributed by atoms with Crippen LogP contribution in [0.2, 0.25) is 0 Å². The van der Waals surface area contributed by atoms with Crippen LogP contribution in [0.1, 0.15) is 91.6 Å². The largest absolute Gasteiger partial charge is 0.455 e. The zero-order valence-corrected chi connectivity index (χ0v) is 19.3. The van der Waals surface area contributed by atoms with Crippen LogP contribution in [-0.2, 0) is 9.53 Å². The summed E-state index contributed by atoms with van der Waals surface area (Å²) in [6, 6.07) is 1.74. The number of anilines is 1. The average molecular weight is 407 g/mol. The van der Waals surface area contributed by atoms with Crippen LogP contribution in [0.5, 0.6) is 0 Å². The maximum Gasteiger partial charge on any atom is 0.357 e. The van der Waals surface area contributed by atoms with Gasteiger partial charge in [-0.1, -0.05) is 13.8 Å². The highest BCUT2D eigenvalue weighted by molar-refractivity contribution is 6.04. The van der Waals surface area contributed by atoms with Gasteiger partial charge < -0.3 is 19.7 Å². The van der Waals surface area contributed by atoms with Gasteiger partial charge in [-0.3, -0.25) is 4.79 Å². The maximum atomic E-state index is 13.6. The lowest BCUT2D eigenvalue weighted by atomic mass is 9.74. The molecule has 0 bridgehead atoms. The molecule has 2 rings (SSSR count). The molecule has 0 radical (unpaired) electrons. The van der Waals surface area contributed by atoms with Gasteiger partial charge in [0.05, 0.1) is 17.2 Å². The van der Waals surface area contributed by atoms with E-state index in [4.69, 9.17) is 4.74 Å². The normalized spacial score (nSPS) is 18.9. The number of hydrogen-bond donors (Lipinski definition) is 2. The van der Waals surface area contributed by atoms with Crippen LogP contribution < -0.4 is 4.90 Å². The van der Waals surface area contributed by atoms with E-state index in [1.807, 2.05) is 20.8 Å². The van der Waals surface area contributed by atoms with Gasteiger partial charge in [0, 0.05) is 12.2 Å². The zero-order chi connectivity index (χ0) is 22.2. The molecule has 1 aliphatic carbocycles. The fourth-order valence-corrected chi connectivity index (χ4v) is 3.66. The van der Waals surface area contributed by atoms with Gasteiger partial charge in [-0.25, -0.2) is 4.79 Å². The van der Waals surface area contributed by atoms with Gasteiger partial charge in [0.15, 0.2) is 0 Å². The number of aliphatic hydroxyl groups excluding tert-OH is 1. The Morgan fingerprint density at radius 2 is 1.76 bits per heavy atom. The van der Waals surface area contributed by atoms with Crippen molar-refractivity contribution in [1.29, 1.82) is 0 Å². The third-order valence-electron chi connectivity index (χ3n) is 6.08. The fraction of sp³-hybridized carbons (Fsp3) is 0.739. The van der Waals surface area contributed by atoms with Gasteiger partial charge in [-0.05, 0) is 78.7 Å². The summed E-state index contributed by atoms with van der Waals surface area (Å²) in [4.78, 5) is 31.1. The summed E-state index contributed by atoms with van der Waals surface area (Å²) in [5.74, 6) is -0.664. The molecule has 6 nitrogen and oxygen atoms in total. The summed E-state index contributed by atoms with van der Waals surface area (Å²) in [5, 5.41) is 10.3. The Hall–Kier alpha value is -1.82. The van der Waals surface area contributed by atoms with Crippen molar-refractivity contribution in [3.8, 4) is 0 Å². The number of rotatable bonds is 5. The van der Waals surface area contributed by atoms with E-state index in [1.54, 1.807) is 37.9 Å². The minimum absolute atomic E-state index is 0.0227. The third kappa shape index (κ3) is 5.41. The lowest BCUT2D eigenvalue weighted by Crippen LogP contribution is -2.52. The first-order valence-electron chi connectivity index (χ1n) is 10.6. The molecule has 0 aliphatic heterocycles. The van der Waals surface area contributed by atoms with Gasteiger partial charge in [0.1, 0.15) is 11.3 Å². The summed E-state index contributed by atoms with van der Waals surface area (Å²) in [6.07, 6.45) is 4.56. The molecule has 164 valence electrons. The van der Waals surface area contributed by atoms with Crippen molar-refractivity contribution in [3.05, 3.63) is 18.0 Å². The molecule has 1 atom stereocenters. The number of amides is 1. The van der Waals surface area contributed by atoms with Crippen molar-refractivity contribution in [1.82, 2.24) is 4.98 Å². The highest BCUT2D eigenvalue weighted by atomic mass is 16.6. The molecule has 1 heterocycles. The van der Waals surface area contributed by atoms with E-state index < -0.39 is 23.1 Å². The number of carbonyl (C=O) groups is 2. The Morgan fingerprint density at radius 3 is 2.24 bits per heavy atom. The van der Waals surface area contributed by atoms with Crippen molar-refractivity contribution in [2.75, 3.05) is 4.90 Å². The number of carbonyl (C=O) groups excluding carboxylic acids is 2. The van der Waals surface area contributed by atoms with E-state index in [9.17, 15) is 14.7 Å². The smallest absolute Gasteiger partial charge is 0.357 e. The van der Waals surface area contributed by atoms with Crippen molar-refractivity contribution in [2.45, 2.75) is 98.8 Å². The molecule has 1 amide bonds. The number of aromatic amines is 1. The molecule has 2 N–H and O–H groups in total. The van der Waals surface area contributed by atoms with Gasteiger partial charge in [0.25, 0.3) is 0 Å². The monoisotopic (exact) mass is 406 g/mol. The lowest BCUT2D eigenvalue weighted by molar-refractivity contribution is -0.132. The molecule has 1 aromatic rings. The first-order valence-corrected chi connectivity index (χ1v) is 10.6. The predicted octanol–water partition coefficient (Wildman–Crippen LogP) is 4.68. The first kappa shape index (κ1) is 23.5. The van der Waals surface area contributed by atoms with E-state index in [1.165, 1.54) is 0 Å². The molecule has 29 heavy (non-hydrogen) atoms. The Kier molecular flexibility index (Phi) is 6.58. The number of hydrogen-bond acceptors (Lipinski definition) is 4. The number of aromatic nitrogens is 1. The third-order valence-corrected chi connectivity index (χ3v) is 6.08. The Bertz CT molecular complexity index is 730. The van der Waals surface area contributed by atoms with E-state index >= 15 is 0 Å². The molecule has 6 heteroatoms. The van der Waals surface area contributed by atoms with Crippen LogP contribution in [0.4, 0.5) is 5.69 Å². The molecule has 1 fully saturated rings. The van der Waals surface area contributed by atoms with Crippen molar-refractivity contribution < 1.29 is 19.4 Å². The predicted molar refractivity (Wildman–Crippen MR) is 115 cm³/mol. The Balaban J connectivity index is 2.46. The second-order valence-electron chi connectivity index (χ2n) is 10.7. The minimum Gasteiger partial charge on any atom is -0.455 e. The first-order chi connectivity index (χ1) is 13.2. The van der Waals surface area contributed by atoms with Crippen LogP contribution in [0.3, 0.4) is 0 Å². The number of nitrogens with zero attached hydrogens (tertiary/aromatic N) is 1. The second-order valence-corrected chi connectivity index (χ2v) is 10.7. The highest BCUT2D eigenvalue weighted by Crippen LogP contribution is 2.40. The summed E-state index contributed by atoms with van der Waals surface area (Å²) in [5.41, 5.74) is -0.559. The van der Waals surface area contributed by atoms with Gasteiger partial charge in [-0.2, -0.15) is 0 Å². The number of ether oxygens (including phenoxy) is 1. The average Bonchev–Trinajstić information content (AvgIpc) is 3.04. The van der Waals surface area contributed by atoms with Crippen molar-refractivity contribution >= 4 is 17.6 Å².